The van der Waals surface area contributed by atoms with Gasteiger partial charge < -0.3 is 0 Å². The van der Waals surface area contributed by atoms with Crippen LogP contribution in [-0.4, -0.2) is 22.8 Å². The molecule has 0 bridgehead atoms. The zero-order chi connectivity index (χ0) is 20.7. The van der Waals surface area contributed by atoms with Crippen molar-refractivity contribution < 1.29 is 14.4 Å². The number of halogens is 1. The highest BCUT2D eigenvalue weighted by Crippen LogP contribution is 2.48. The van der Waals surface area contributed by atoms with Gasteiger partial charge in [-0.2, -0.15) is 0 Å². The summed E-state index contributed by atoms with van der Waals surface area (Å²) in [5, 5.41) is 2.20. The van der Waals surface area contributed by atoms with Crippen molar-refractivity contribution in [3.63, 3.8) is 0 Å². The second-order valence-corrected chi connectivity index (χ2v) is 7.83. The molecule has 0 saturated carbocycles. The van der Waals surface area contributed by atoms with Gasteiger partial charge in [0.2, 0.25) is 5.91 Å². The third kappa shape index (κ3) is 3.07. The predicted molar refractivity (Wildman–Crippen MR) is 113 cm³/mol. The van der Waals surface area contributed by atoms with E-state index in [2.05, 4.69) is 0 Å². The van der Waals surface area contributed by atoms with Crippen LogP contribution in [0.25, 0.3) is 0 Å². The van der Waals surface area contributed by atoms with E-state index in [-0.39, 0.29) is 18.4 Å². The number of carbonyl (C=O) groups is 2. The molecule has 150 valence electrons. The van der Waals surface area contributed by atoms with Gasteiger partial charge in [0.15, 0.2) is 6.10 Å². The number of para-hydroxylation sites is 1. The highest BCUT2D eigenvalue weighted by Gasteiger charge is 2.60. The van der Waals surface area contributed by atoms with Crippen LogP contribution in [-0.2, 0) is 21.0 Å². The van der Waals surface area contributed by atoms with Crippen molar-refractivity contribution in [2.45, 2.75) is 18.7 Å². The molecule has 2 amide bonds. The molecule has 2 aliphatic heterocycles. The lowest BCUT2D eigenvalue weighted by Crippen LogP contribution is -2.37. The molecule has 3 aromatic rings. The number of nitrogens with zero attached hydrogens (tertiary/aromatic N) is 2. The summed E-state index contributed by atoms with van der Waals surface area (Å²) in [7, 11) is 0. The number of amides is 2. The van der Waals surface area contributed by atoms with Gasteiger partial charge in [-0.15, -0.1) is 0 Å². The fraction of sp³-hybridized carbons (Fsp3) is 0.167. The molecule has 0 unspecified atom stereocenters. The SMILES string of the molecule is O=C1[C@H]2[C@H](ON(c3ccccc3)[C@H]2c2ccccc2Cl)C(=O)N1Cc1ccccc1. The Morgan fingerprint density at radius 3 is 2.13 bits per heavy atom. The molecule has 0 N–H and O–H groups in total. The van der Waals surface area contributed by atoms with Crippen LogP contribution in [0.15, 0.2) is 84.9 Å². The molecule has 5 nitrogen and oxygen atoms in total. The summed E-state index contributed by atoms with van der Waals surface area (Å²) in [4.78, 5) is 34.0. The maximum Gasteiger partial charge on any atom is 0.262 e. The molecule has 3 atom stereocenters. The first-order valence-corrected chi connectivity index (χ1v) is 10.2. The molecule has 5 rings (SSSR count). The minimum atomic E-state index is -0.873. The van der Waals surface area contributed by atoms with Gasteiger partial charge in [0.25, 0.3) is 5.91 Å². The minimum Gasteiger partial charge on any atom is -0.275 e. The standard InChI is InChI=1S/C24H19ClN2O3/c25-19-14-8-7-13-18(19)21-20-22(30-27(21)17-11-5-2-6-12-17)24(29)26(23(20)28)15-16-9-3-1-4-10-16/h1-14,20-22H,15H2/t20-,21+,22+/m1/s1. The van der Waals surface area contributed by atoms with E-state index < -0.39 is 18.1 Å². The van der Waals surface area contributed by atoms with Crippen molar-refractivity contribution in [1.29, 1.82) is 0 Å². The summed E-state index contributed by atoms with van der Waals surface area (Å²) in [6, 6.07) is 25.8. The number of hydroxylamine groups is 1. The molecule has 0 spiro atoms. The maximum atomic E-state index is 13.4. The number of hydrogen-bond donors (Lipinski definition) is 0. The first kappa shape index (κ1) is 18.9. The molecule has 2 fully saturated rings. The summed E-state index contributed by atoms with van der Waals surface area (Å²) in [6.45, 7) is 0.232. The zero-order valence-electron chi connectivity index (χ0n) is 16.0. The Kier molecular flexibility index (Phi) is 4.77. The van der Waals surface area contributed by atoms with Crippen molar-refractivity contribution >= 4 is 29.1 Å². The summed E-state index contributed by atoms with van der Waals surface area (Å²) in [5.74, 6) is -1.22. The lowest BCUT2D eigenvalue weighted by atomic mass is 9.90. The Morgan fingerprint density at radius 2 is 1.43 bits per heavy atom. The van der Waals surface area contributed by atoms with Crippen molar-refractivity contribution in [1.82, 2.24) is 4.90 Å². The molecule has 0 aliphatic carbocycles. The lowest BCUT2D eigenvalue weighted by Gasteiger charge is -2.29. The van der Waals surface area contributed by atoms with Gasteiger partial charge in [0, 0.05) is 5.02 Å². The molecule has 30 heavy (non-hydrogen) atoms. The van der Waals surface area contributed by atoms with E-state index in [1.165, 1.54) is 4.90 Å². The molecule has 6 heteroatoms. The Balaban J connectivity index is 1.54. The molecule has 0 aromatic heterocycles. The van der Waals surface area contributed by atoms with Gasteiger partial charge in [0.1, 0.15) is 5.92 Å². The first-order chi connectivity index (χ1) is 14.6. The average Bonchev–Trinajstić information content (AvgIpc) is 3.27. The van der Waals surface area contributed by atoms with Crippen LogP contribution in [0.1, 0.15) is 17.2 Å². The van der Waals surface area contributed by atoms with Crippen LogP contribution in [0.5, 0.6) is 0 Å². The highest BCUT2D eigenvalue weighted by molar-refractivity contribution is 6.31. The molecule has 0 radical (unpaired) electrons. The number of likely N-dealkylation sites (tertiary alicyclic amines) is 1. The van der Waals surface area contributed by atoms with Gasteiger partial charge in [-0.1, -0.05) is 78.3 Å². The third-order valence-corrected chi connectivity index (χ3v) is 5.97. The third-order valence-electron chi connectivity index (χ3n) is 5.62. The van der Waals surface area contributed by atoms with Crippen LogP contribution in [0, 0.1) is 5.92 Å². The second kappa shape index (κ2) is 7.59. The Labute approximate surface area is 179 Å². The maximum absolute atomic E-state index is 13.4. The van der Waals surface area contributed by atoms with E-state index >= 15 is 0 Å². The van der Waals surface area contributed by atoms with Gasteiger partial charge in [-0.25, -0.2) is 5.06 Å². The number of benzene rings is 3. The zero-order valence-corrected chi connectivity index (χ0v) is 16.8. The first-order valence-electron chi connectivity index (χ1n) is 9.80. The number of anilines is 1. The average molecular weight is 419 g/mol. The van der Waals surface area contributed by atoms with Crippen molar-refractivity contribution in [2.24, 2.45) is 5.92 Å². The van der Waals surface area contributed by atoms with Crippen LogP contribution in [0.4, 0.5) is 5.69 Å². The number of hydrogen-bond acceptors (Lipinski definition) is 4. The number of imide groups is 1. The smallest absolute Gasteiger partial charge is 0.262 e. The summed E-state index contributed by atoms with van der Waals surface area (Å²) in [6.07, 6.45) is -0.873. The molecule has 3 aromatic carbocycles. The molecule has 2 aliphatic rings. The van der Waals surface area contributed by atoms with E-state index in [4.69, 9.17) is 16.4 Å². The molecular weight excluding hydrogens is 400 g/mol. The van der Waals surface area contributed by atoms with E-state index in [0.29, 0.717) is 5.02 Å². The second-order valence-electron chi connectivity index (χ2n) is 7.43. The Hall–Kier alpha value is -3.15. The van der Waals surface area contributed by atoms with Crippen LogP contribution in [0.3, 0.4) is 0 Å². The van der Waals surface area contributed by atoms with Gasteiger partial charge in [-0.05, 0) is 29.3 Å². The monoisotopic (exact) mass is 418 g/mol. The minimum absolute atomic E-state index is 0.232. The lowest BCUT2D eigenvalue weighted by molar-refractivity contribution is -0.143. The van der Waals surface area contributed by atoms with Crippen molar-refractivity contribution in [3.05, 3.63) is 101 Å². The van der Waals surface area contributed by atoms with E-state index in [9.17, 15) is 9.59 Å². The topological polar surface area (TPSA) is 49.9 Å². The Bertz CT molecular complexity index is 1090. The van der Waals surface area contributed by atoms with E-state index in [1.54, 1.807) is 11.1 Å². The van der Waals surface area contributed by atoms with E-state index in [0.717, 1.165) is 16.8 Å². The Morgan fingerprint density at radius 1 is 0.800 bits per heavy atom. The summed E-state index contributed by atoms with van der Waals surface area (Å²) in [5.41, 5.74) is 2.43. The normalized spacial score (nSPS) is 23.2. The van der Waals surface area contributed by atoms with Crippen LogP contribution < -0.4 is 5.06 Å². The molecule has 2 saturated heterocycles. The number of fused-ring (bicyclic) bond motifs is 1. The van der Waals surface area contributed by atoms with E-state index in [1.807, 2.05) is 78.9 Å². The largest absolute Gasteiger partial charge is 0.275 e. The predicted octanol–water partition coefficient (Wildman–Crippen LogP) is 4.39. The number of carbonyl (C=O) groups excluding carboxylic acids is 2. The summed E-state index contributed by atoms with van der Waals surface area (Å²) >= 11 is 6.51. The molecular formula is C24H19ClN2O3. The fourth-order valence-corrected chi connectivity index (χ4v) is 4.47. The molecule has 2 heterocycles. The van der Waals surface area contributed by atoms with Crippen molar-refractivity contribution in [2.75, 3.05) is 5.06 Å². The van der Waals surface area contributed by atoms with Crippen LogP contribution in [0.2, 0.25) is 5.02 Å². The highest BCUT2D eigenvalue weighted by atomic mass is 35.5. The van der Waals surface area contributed by atoms with Gasteiger partial charge >= 0.3 is 0 Å². The fourth-order valence-electron chi connectivity index (χ4n) is 4.22. The van der Waals surface area contributed by atoms with Gasteiger partial charge in [0.05, 0.1) is 18.3 Å². The van der Waals surface area contributed by atoms with Crippen LogP contribution >= 0.6 is 11.6 Å². The summed E-state index contributed by atoms with van der Waals surface area (Å²) < 4.78 is 0. The number of rotatable bonds is 4. The van der Waals surface area contributed by atoms with Crippen molar-refractivity contribution in [3.8, 4) is 0 Å². The quantitative estimate of drug-likeness (QED) is 0.590. The van der Waals surface area contributed by atoms with Gasteiger partial charge in [-0.3, -0.25) is 19.3 Å².